The molecule has 0 aromatic heterocycles. The van der Waals surface area contributed by atoms with E-state index in [1.165, 1.54) is 0 Å². The SMILES string of the molecule is CCOCC(=O)N=C=S. The second-order valence-electron chi connectivity index (χ2n) is 1.23. The minimum absolute atomic E-state index is 0.000139. The molecule has 0 fully saturated rings. The Morgan fingerprint density at radius 1 is 1.89 bits per heavy atom. The van der Waals surface area contributed by atoms with Crippen molar-refractivity contribution >= 4 is 23.3 Å². The summed E-state index contributed by atoms with van der Waals surface area (Å²) in [5.74, 6) is -0.383. The van der Waals surface area contributed by atoms with Gasteiger partial charge in [-0.2, -0.15) is 4.99 Å². The molecule has 0 radical (unpaired) electrons. The third-order valence-corrected chi connectivity index (χ3v) is 0.691. The Bertz CT molecular complexity index is 140. The highest BCUT2D eigenvalue weighted by molar-refractivity contribution is 7.78. The summed E-state index contributed by atoms with van der Waals surface area (Å²) in [6, 6.07) is 0. The van der Waals surface area contributed by atoms with Crippen LogP contribution in [0.2, 0.25) is 0 Å². The number of amides is 1. The van der Waals surface area contributed by atoms with E-state index in [1.54, 1.807) is 6.92 Å². The first-order valence-corrected chi connectivity index (χ1v) is 2.90. The van der Waals surface area contributed by atoms with Crippen LogP contribution in [0.15, 0.2) is 4.99 Å². The predicted molar refractivity (Wildman–Crippen MR) is 36.5 cm³/mol. The molecule has 1 amide bonds. The van der Waals surface area contributed by atoms with Gasteiger partial charge >= 0.3 is 0 Å². The summed E-state index contributed by atoms with van der Waals surface area (Å²) in [6.07, 6.45) is 0. The average Bonchev–Trinajstić information content (AvgIpc) is 1.85. The molecule has 0 aromatic rings. The van der Waals surface area contributed by atoms with Crippen molar-refractivity contribution in [3.8, 4) is 0 Å². The van der Waals surface area contributed by atoms with Crippen LogP contribution in [-0.4, -0.2) is 24.3 Å². The number of thiocarbonyl (C=S) groups is 1. The lowest BCUT2D eigenvalue weighted by Crippen LogP contribution is -2.04. The van der Waals surface area contributed by atoms with Crippen LogP contribution in [0, 0.1) is 0 Å². The molecule has 0 unspecified atom stereocenters. The van der Waals surface area contributed by atoms with Gasteiger partial charge in [0.15, 0.2) is 0 Å². The van der Waals surface area contributed by atoms with Crippen LogP contribution in [0.5, 0.6) is 0 Å². The fourth-order valence-electron chi connectivity index (χ4n) is 0.273. The van der Waals surface area contributed by atoms with E-state index >= 15 is 0 Å². The molecule has 4 heteroatoms. The zero-order valence-electron chi connectivity index (χ0n) is 5.09. The van der Waals surface area contributed by atoms with Crippen LogP contribution in [-0.2, 0) is 9.53 Å². The van der Waals surface area contributed by atoms with Crippen LogP contribution in [0.1, 0.15) is 6.92 Å². The smallest absolute Gasteiger partial charge is 0.280 e. The number of carbonyl (C=O) groups excluding carboxylic acids is 1. The molecule has 0 N–H and O–H groups in total. The van der Waals surface area contributed by atoms with Gasteiger partial charge in [0, 0.05) is 6.61 Å². The molecule has 0 spiro atoms. The summed E-state index contributed by atoms with van der Waals surface area (Å²) >= 11 is 4.19. The minimum Gasteiger partial charge on any atom is -0.372 e. The largest absolute Gasteiger partial charge is 0.372 e. The van der Waals surface area contributed by atoms with Gasteiger partial charge in [0.25, 0.3) is 5.91 Å². The van der Waals surface area contributed by atoms with Gasteiger partial charge in [0.05, 0.1) is 5.16 Å². The van der Waals surface area contributed by atoms with E-state index < -0.39 is 0 Å². The fraction of sp³-hybridized carbons (Fsp3) is 0.600. The standard InChI is InChI=1S/C5H7NO2S/c1-2-8-3-5(7)6-4-9/h2-3H2,1H3. The first kappa shape index (κ1) is 8.43. The normalized spacial score (nSPS) is 8.11. The second kappa shape index (κ2) is 5.56. The number of carbonyl (C=O) groups is 1. The molecule has 0 aliphatic rings. The molecule has 3 nitrogen and oxygen atoms in total. The van der Waals surface area contributed by atoms with Crippen LogP contribution < -0.4 is 0 Å². The molecule has 0 aliphatic carbocycles. The van der Waals surface area contributed by atoms with Gasteiger partial charge < -0.3 is 4.74 Å². The molecule has 50 valence electrons. The number of aliphatic imine (C=N–C) groups is 1. The molecular formula is C5H7NO2S. The van der Waals surface area contributed by atoms with E-state index in [2.05, 4.69) is 17.2 Å². The van der Waals surface area contributed by atoms with E-state index in [9.17, 15) is 4.79 Å². The van der Waals surface area contributed by atoms with Crippen LogP contribution in [0.4, 0.5) is 0 Å². The Kier molecular flexibility index (Phi) is 5.21. The lowest BCUT2D eigenvalue weighted by molar-refractivity contribution is -0.122. The van der Waals surface area contributed by atoms with Gasteiger partial charge in [-0.15, -0.1) is 0 Å². The highest BCUT2D eigenvalue weighted by Gasteiger charge is 1.93. The highest BCUT2D eigenvalue weighted by atomic mass is 32.1. The molecule has 0 bridgehead atoms. The Hall–Kier alpha value is -0.570. The molecule has 0 aliphatic heterocycles. The van der Waals surface area contributed by atoms with Crippen molar-refractivity contribution in [2.75, 3.05) is 13.2 Å². The molecule has 0 heterocycles. The molecule has 0 rings (SSSR count). The van der Waals surface area contributed by atoms with Crippen molar-refractivity contribution in [1.82, 2.24) is 0 Å². The van der Waals surface area contributed by atoms with Crippen molar-refractivity contribution in [3.05, 3.63) is 0 Å². The zero-order valence-corrected chi connectivity index (χ0v) is 5.90. The summed E-state index contributed by atoms with van der Waals surface area (Å²) in [7, 11) is 0. The number of hydrogen-bond acceptors (Lipinski definition) is 3. The van der Waals surface area contributed by atoms with Crippen molar-refractivity contribution in [2.24, 2.45) is 4.99 Å². The molecule has 0 aromatic carbocycles. The van der Waals surface area contributed by atoms with Gasteiger partial charge in [0.2, 0.25) is 0 Å². The summed E-state index contributed by atoms with van der Waals surface area (Å²) in [5, 5.41) is 1.96. The van der Waals surface area contributed by atoms with Gasteiger partial charge in [-0.05, 0) is 19.1 Å². The molecule has 0 saturated heterocycles. The number of nitrogens with zero attached hydrogens (tertiary/aromatic N) is 1. The van der Waals surface area contributed by atoms with Gasteiger partial charge in [-0.25, -0.2) is 0 Å². The summed E-state index contributed by atoms with van der Waals surface area (Å²) in [4.78, 5) is 13.5. The Balaban J connectivity index is 3.39. The number of rotatable bonds is 3. The minimum atomic E-state index is -0.383. The summed E-state index contributed by atoms with van der Waals surface area (Å²) in [6.45, 7) is 2.31. The lowest BCUT2D eigenvalue weighted by atomic mass is 10.7. The van der Waals surface area contributed by atoms with Crippen LogP contribution in [0.3, 0.4) is 0 Å². The quantitative estimate of drug-likeness (QED) is 0.432. The summed E-state index contributed by atoms with van der Waals surface area (Å²) < 4.78 is 4.72. The average molecular weight is 145 g/mol. The maximum absolute atomic E-state index is 10.4. The third-order valence-electron chi connectivity index (χ3n) is 0.600. The first-order chi connectivity index (χ1) is 4.31. The van der Waals surface area contributed by atoms with Crippen LogP contribution >= 0.6 is 12.2 Å². The van der Waals surface area contributed by atoms with Crippen molar-refractivity contribution < 1.29 is 9.53 Å². The van der Waals surface area contributed by atoms with Crippen molar-refractivity contribution in [1.29, 1.82) is 0 Å². The van der Waals surface area contributed by atoms with E-state index in [1.807, 2.05) is 5.16 Å². The highest BCUT2D eigenvalue weighted by Crippen LogP contribution is 1.76. The van der Waals surface area contributed by atoms with Gasteiger partial charge in [-0.1, -0.05) is 0 Å². The van der Waals surface area contributed by atoms with Crippen molar-refractivity contribution in [3.63, 3.8) is 0 Å². The topological polar surface area (TPSA) is 38.7 Å². The monoisotopic (exact) mass is 145 g/mol. The zero-order chi connectivity index (χ0) is 7.11. The van der Waals surface area contributed by atoms with Crippen molar-refractivity contribution in [2.45, 2.75) is 6.92 Å². The van der Waals surface area contributed by atoms with Gasteiger partial charge in [0.1, 0.15) is 6.61 Å². The molecule has 0 atom stereocenters. The van der Waals surface area contributed by atoms with E-state index in [0.717, 1.165) is 0 Å². The van der Waals surface area contributed by atoms with Gasteiger partial charge in [-0.3, -0.25) is 4.79 Å². The second-order valence-corrected chi connectivity index (χ2v) is 1.42. The molecule has 9 heavy (non-hydrogen) atoms. The first-order valence-electron chi connectivity index (χ1n) is 2.49. The molecule has 0 saturated carbocycles. The Morgan fingerprint density at radius 2 is 2.56 bits per heavy atom. The third kappa shape index (κ3) is 5.30. The van der Waals surface area contributed by atoms with E-state index in [4.69, 9.17) is 4.74 Å². The Morgan fingerprint density at radius 3 is 3.00 bits per heavy atom. The van der Waals surface area contributed by atoms with Crippen LogP contribution in [0.25, 0.3) is 0 Å². The number of isothiocyanates is 1. The maximum Gasteiger partial charge on any atom is 0.280 e. The van der Waals surface area contributed by atoms with E-state index in [-0.39, 0.29) is 12.5 Å². The predicted octanol–water partition coefficient (Wildman–Crippen LogP) is 0.652. The van der Waals surface area contributed by atoms with E-state index in [0.29, 0.717) is 6.61 Å². The maximum atomic E-state index is 10.4. The molecular weight excluding hydrogens is 138 g/mol. The summed E-state index contributed by atoms with van der Waals surface area (Å²) in [5.41, 5.74) is 0. The lowest BCUT2D eigenvalue weighted by Gasteiger charge is -1.91. The fourth-order valence-corrected chi connectivity index (χ4v) is 0.374. The number of ether oxygens (including phenoxy) is 1. The number of hydrogen-bond donors (Lipinski definition) is 0. The Labute approximate surface area is 58.7 Å².